The summed E-state index contributed by atoms with van der Waals surface area (Å²) in [5.41, 5.74) is 2.04. The third-order valence-corrected chi connectivity index (χ3v) is 8.58. The molecule has 0 aliphatic carbocycles. The van der Waals surface area contributed by atoms with Crippen LogP contribution in [0.25, 0.3) is 0 Å². The van der Waals surface area contributed by atoms with E-state index >= 15 is 0 Å². The van der Waals surface area contributed by atoms with Crippen molar-refractivity contribution in [2.24, 2.45) is 10.4 Å². The third kappa shape index (κ3) is 5.28. The fourth-order valence-electron chi connectivity index (χ4n) is 4.36. The molecule has 36 heavy (non-hydrogen) atoms. The molecule has 0 spiro atoms. The molecule has 0 saturated heterocycles. The van der Waals surface area contributed by atoms with E-state index in [1.54, 1.807) is 17.0 Å². The molecule has 2 aliphatic rings. The Hall–Kier alpha value is -2.13. The molecule has 11 heteroatoms. The van der Waals surface area contributed by atoms with Crippen molar-refractivity contribution >= 4 is 64.6 Å². The number of carbonyl (C=O) groups excluding carboxylic acids is 1. The zero-order valence-electron chi connectivity index (χ0n) is 20.7. The van der Waals surface area contributed by atoms with Crippen molar-refractivity contribution in [1.82, 2.24) is 9.99 Å². The van der Waals surface area contributed by atoms with Gasteiger partial charge >= 0.3 is 0 Å². The van der Waals surface area contributed by atoms with Crippen LogP contribution in [0.15, 0.2) is 57.2 Å². The number of amidine groups is 1. The summed E-state index contributed by atoms with van der Waals surface area (Å²) in [6, 6.07) is 9.86. The van der Waals surface area contributed by atoms with Gasteiger partial charge in [0.2, 0.25) is 0 Å². The number of amides is 1. The van der Waals surface area contributed by atoms with Crippen molar-refractivity contribution in [2.45, 2.75) is 40.3 Å². The Labute approximate surface area is 224 Å². The van der Waals surface area contributed by atoms with Crippen molar-refractivity contribution in [3.05, 3.63) is 63.6 Å². The third-order valence-electron chi connectivity index (χ3n) is 5.81. The average molecular weight is 595 g/mol. The number of hydrogen-bond acceptors (Lipinski definition) is 7. The molecule has 2 unspecified atom stereocenters. The summed E-state index contributed by atoms with van der Waals surface area (Å²) >= 11 is 4.71. The fourth-order valence-corrected chi connectivity index (χ4v) is 6.67. The lowest BCUT2D eigenvalue weighted by atomic mass is 9.85. The maximum atomic E-state index is 13.8. The van der Waals surface area contributed by atoms with E-state index < -0.39 is 19.8 Å². The standard InChI is InChI=1S/C25H29BrFN4O3PS/c1-6-34-35-19-12-15(30-36-5)8-10-18(19)28-23(29-35)20-21(32)22(25(2,3)4)31(24(20)33)13-14-7-9-17(27)16(26)11-14/h7-12,22,30,32H,6,13H2,1-5H3,(H,28,29). The SMILES string of the molecule is CCOP1NC(C2=C(O)C(C(C)(C)C)N(Cc3ccc(F)c(Br)c3)C2=O)=Nc2ccc(NSC)cc21. The van der Waals surface area contributed by atoms with Gasteiger partial charge in [-0.2, -0.15) is 0 Å². The molecular weight excluding hydrogens is 566 g/mol. The zero-order chi connectivity index (χ0) is 26.2. The van der Waals surface area contributed by atoms with Crippen molar-refractivity contribution in [1.29, 1.82) is 0 Å². The molecule has 0 radical (unpaired) electrons. The molecule has 4 rings (SSSR count). The molecule has 192 valence electrons. The fraction of sp³-hybridized carbons (Fsp3) is 0.360. The Balaban J connectivity index is 1.75. The Kier molecular flexibility index (Phi) is 8.00. The summed E-state index contributed by atoms with van der Waals surface area (Å²) in [5.74, 6) is -0.447. The average Bonchev–Trinajstić information content (AvgIpc) is 3.06. The van der Waals surface area contributed by atoms with Gasteiger partial charge in [-0.15, -0.1) is 0 Å². The second kappa shape index (κ2) is 10.7. The van der Waals surface area contributed by atoms with E-state index in [2.05, 4.69) is 25.7 Å². The molecule has 1 amide bonds. The minimum Gasteiger partial charge on any atom is -0.509 e. The first-order valence-electron chi connectivity index (χ1n) is 11.4. The van der Waals surface area contributed by atoms with Gasteiger partial charge in [0, 0.05) is 18.5 Å². The first-order chi connectivity index (χ1) is 17.0. The van der Waals surface area contributed by atoms with E-state index in [4.69, 9.17) is 9.52 Å². The largest absolute Gasteiger partial charge is 0.509 e. The number of aliphatic hydroxyl groups is 1. The Morgan fingerprint density at radius 3 is 2.69 bits per heavy atom. The number of carbonyl (C=O) groups is 1. The van der Waals surface area contributed by atoms with Gasteiger partial charge in [-0.05, 0) is 64.2 Å². The van der Waals surface area contributed by atoms with Crippen molar-refractivity contribution in [3.63, 3.8) is 0 Å². The molecule has 2 atom stereocenters. The number of hydrogen-bond donors (Lipinski definition) is 3. The Bertz CT molecular complexity index is 1250. The van der Waals surface area contributed by atoms with Gasteiger partial charge in [-0.3, -0.25) is 4.79 Å². The van der Waals surface area contributed by atoms with Gasteiger partial charge in [-0.25, -0.2) is 9.38 Å². The van der Waals surface area contributed by atoms with E-state index in [1.807, 2.05) is 52.1 Å². The number of fused-ring (bicyclic) bond motifs is 1. The highest BCUT2D eigenvalue weighted by molar-refractivity contribution is 9.10. The Morgan fingerprint density at radius 2 is 2.06 bits per heavy atom. The van der Waals surface area contributed by atoms with Crippen LogP contribution >= 0.6 is 36.2 Å². The highest BCUT2D eigenvalue weighted by atomic mass is 79.9. The highest BCUT2D eigenvalue weighted by Crippen LogP contribution is 2.43. The molecular formula is C25H29BrFN4O3PS. The van der Waals surface area contributed by atoms with Crippen LogP contribution < -0.4 is 15.1 Å². The first kappa shape index (κ1) is 26.9. The highest BCUT2D eigenvalue weighted by Gasteiger charge is 2.48. The second-order valence-electron chi connectivity index (χ2n) is 9.50. The summed E-state index contributed by atoms with van der Waals surface area (Å²) in [6.07, 6.45) is 1.95. The number of aliphatic imine (C=N–C) groups is 1. The predicted molar refractivity (Wildman–Crippen MR) is 150 cm³/mol. The van der Waals surface area contributed by atoms with E-state index in [0.717, 1.165) is 16.6 Å². The minimum absolute atomic E-state index is 0.0319. The lowest BCUT2D eigenvalue weighted by molar-refractivity contribution is -0.129. The molecule has 0 bridgehead atoms. The molecule has 0 saturated carbocycles. The quantitative estimate of drug-likeness (QED) is 0.263. The predicted octanol–water partition coefficient (Wildman–Crippen LogP) is 6.15. The minimum atomic E-state index is -1.31. The van der Waals surface area contributed by atoms with Crippen LogP contribution in [0.5, 0.6) is 0 Å². The van der Waals surface area contributed by atoms with Gasteiger partial charge in [0.05, 0.1) is 28.1 Å². The molecule has 2 aromatic carbocycles. The molecule has 7 nitrogen and oxygen atoms in total. The molecule has 2 aromatic rings. The molecule has 0 aromatic heterocycles. The van der Waals surface area contributed by atoms with Crippen molar-refractivity contribution in [2.75, 3.05) is 17.6 Å². The zero-order valence-corrected chi connectivity index (χ0v) is 24.0. The van der Waals surface area contributed by atoms with Crippen LogP contribution in [-0.2, 0) is 15.9 Å². The number of anilines is 1. The van der Waals surface area contributed by atoms with Gasteiger partial charge in [0.25, 0.3) is 5.91 Å². The number of halogens is 2. The van der Waals surface area contributed by atoms with Crippen LogP contribution in [0.4, 0.5) is 15.8 Å². The van der Waals surface area contributed by atoms with E-state index in [1.165, 1.54) is 18.0 Å². The molecule has 0 fully saturated rings. The van der Waals surface area contributed by atoms with Gasteiger partial charge < -0.3 is 24.3 Å². The van der Waals surface area contributed by atoms with Crippen LogP contribution in [0.1, 0.15) is 33.3 Å². The van der Waals surface area contributed by atoms with Crippen LogP contribution in [0, 0.1) is 11.2 Å². The molecule has 2 aliphatic heterocycles. The number of rotatable bonds is 7. The van der Waals surface area contributed by atoms with Crippen LogP contribution in [-0.4, -0.2) is 40.7 Å². The van der Waals surface area contributed by atoms with E-state index in [0.29, 0.717) is 22.6 Å². The maximum Gasteiger partial charge on any atom is 0.262 e. The van der Waals surface area contributed by atoms with Crippen molar-refractivity contribution < 1.29 is 18.8 Å². The summed E-state index contributed by atoms with van der Waals surface area (Å²) < 4.78 is 23.3. The summed E-state index contributed by atoms with van der Waals surface area (Å²) in [7, 11) is -1.31. The number of aliphatic hydroxyl groups excluding tert-OH is 1. The number of benzene rings is 2. The summed E-state index contributed by atoms with van der Waals surface area (Å²) in [4.78, 5) is 20.2. The smallest absolute Gasteiger partial charge is 0.262 e. The number of nitrogens with one attached hydrogen (secondary N) is 2. The number of nitrogens with zero attached hydrogens (tertiary/aromatic N) is 2. The normalized spacial score (nSPS) is 19.8. The van der Waals surface area contributed by atoms with Gasteiger partial charge in [0.1, 0.15) is 23.0 Å². The van der Waals surface area contributed by atoms with Crippen LogP contribution in [0.2, 0.25) is 0 Å². The summed E-state index contributed by atoms with van der Waals surface area (Å²) in [5, 5.41) is 15.6. The Morgan fingerprint density at radius 1 is 1.31 bits per heavy atom. The van der Waals surface area contributed by atoms with E-state index in [9.17, 15) is 14.3 Å². The maximum absolute atomic E-state index is 13.8. The molecule has 3 N–H and O–H groups in total. The van der Waals surface area contributed by atoms with Crippen molar-refractivity contribution in [3.8, 4) is 0 Å². The lowest BCUT2D eigenvalue weighted by Crippen LogP contribution is -2.43. The monoisotopic (exact) mass is 594 g/mol. The second-order valence-corrected chi connectivity index (χ2v) is 12.5. The van der Waals surface area contributed by atoms with Gasteiger partial charge in [-0.1, -0.05) is 38.8 Å². The van der Waals surface area contributed by atoms with E-state index in [-0.39, 0.29) is 29.6 Å². The summed E-state index contributed by atoms with van der Waals surface area (Å²) in [6.45, 7) is 8.50. The van der Waals surface area contributed by atoms with Gasteiger partial charge in [0.15, 0.2) is 8.30 Å². The lowest BCUT2D eigenvalue weighted by Gasteiger charge is -2.35. The van der Waals surface area contributed by atoms with Crippen LogP contribution in [0.3, 0.4) is 0 Å². The topological polar surface area (TPSA) is 86.2 Å². The molecule has 2 heterocycles. The first-order valence-corrected chi connectivity index (χ1v) is 14.7.